The average molecular weight is 350 g/mol. The van der Waals surface area contributed by atoms with Crippen molar-refractivity contribution in [3.05, 3.63) is 29.8 Å². The van der Waals surface area contributed by atoms with Crippen molar-refractivity contribution in [1.29, 1.82) is 0 Å². The fourth-order valence-corrected chi connectivity index (χ4v) is 3.95. The molecule has 5 nitrogen and oxygen atoms in total. The van der Waals surface area contributed by atoms with Crippen molar-refractivity contribution in [2.75, 3.05) is 25.9 Å². The third-order valence-electron chi connectivity index (χ3n) is 4.43. The van der Waals surface area contributed by atoms with Crippen LogP contribution in [-0.4, -0.2) is 48.6 Å². The summed E-state index contributed by atoms with van der Waals surface area (Å²) in [7, 11) is 1.90. The molecular formula is C18H27N3O2S. The van der Waals surface area contributed by atoms with Crippen LogP contribution in [-0.2, 0) is 4.79 Å². The highest BCUT2D eigenvalue weighted by Gasteiger charge is 2.22. The first-order chi connectivity index (χ1) is 11.6. The minimum Gasteiger partial charge on any atom is -0.351 e. The van der Waals surface area contributed by atoms with E-state index in [2.05, 4.69) is 5.32 Å². The molecule has 0 spiro atoms. The van der Waals surface area contributed by atoms with Gasteiger partial charge in [-0.25, -0.2) is 0 Å². The predicted octanol–water partition coefficient (Wildman–Crippen LogP) is 2.26. The van der Waals surface area contributed by atoms with Gasteiger partial charge in [-0.2, -0.15) is 0 Å². The summed E-state index contributed by atoms with van der Waals surface area (Å²) in [6, 6.07) is 7.75. The lowest BCUT2D eigenvalue weighted by Crippen LogP contribution is -2.39. The third-order valence-corrected chi connectivity index (χ3v) is 5.49. The van der Waals surface area contributed by atoms with Crippen molar-refractivity contribution < 1.29 is 9.59 Å². The van der Waals surface area contributed by atoms with E-state index in [0.29, 0.717) is 30.4 Å². The maximum atomic E-state index is 12.5. The van der Waals surface area contributed by atoms with Crippen molar-refractivity contribution in [2.45, 2.75) is 43.0 Å². The van der Waals surface area contributed by atoms with E-state index in [0.717, 1.165) is 17.7 Å². The van der Waals surface area contributed by atoms with Crippen LogP contribution < -0.4 is 11.1 Å². The molecule has 24 heavy (non-hydrogen) atoms. The molecule has 1 aromatic carbocycles. The average Bonchev–Trinajstić information content (AvgIpc) is 2.64. The lowest BCUT2D eigenvalue weighted by atomic mass is 9.94. The monoisotopic (exact) mass is 349 g/mol. The highest BCUT2D eigenvalue weighted by Crippen LogP contribution is 2.25. The summed E-state index contributed by atoms with van der Waals surface area (Å²) in [4.78, 5) is 27.4. The van der Waals surface area contributed by atoms with Crippen molar-refractivity contribution in [3.63, 3.8) is 0 Å². The topological polar surface area (TPSA) is 75.4 Å². The van der Waals surface area contributed by atoms with E-state index in [1.165, 1.54) is 31.0 Å². The molecule has 2 rings (SSSR count). The SMILES string of the molecule is CN(C(=O)CSc1ccccc1C(=O)NCCN)C1CCCCC1. The molecule has 1 saturated carbocycles. The highest BCUT2D eigenvalue weighted by molar-refractivity contribution is 8.00. The summed E-state index contributed by atoms with van der Waals surface area (Å²) in [5.41, 5.74) is 6.03. The molecule has 0 unspecified atom stereocenters. The predicted molar refractivity (Wildman–Crippen MR) is 98.2 cm³/mol. The van der Waals surface area contributed by atoms with Crippen LogP contribution in [0.1, 0.15) is 42.5 Å². The Kier molecular flexibility index (Phi) is 7.59. The zero-order valence-corrected chi connectivity index (χ0v) is 15.1. The van der Waals surface area contributed by atoms with Crippen LogP contribution in [0.15, 0.2) is 29.2 Å². The van der Waals surface area contributed by atoms with Gasteiger partial charge in [-0.15, -0.1) is 11.8 Å². The van der Waals surface area contributed by atoms with Crippen LogP contribution in [0.25, 0.3) is 0 Å². The number of carbonyl (C=O) groups is 2. The van der Waals surface area contributed by atoms with Crippen LogP contribution >= 0.6 is 11.8 Å². The van der Waals surface area contributed by atoms with E-state index in [4.69, 9.17) is 5.73 Å². The minimum atomic E-state index is -0.142. The Bertz CT molecular complexity index is 559. The van der Waals surface area contributed by atoms with Gasteiger partial charge in [0, 0.05) is 31.1 Å². The van der Waals surface area contributed by atoms with Crippen LogP contribution in [0.2, 0.25) is 0 Å². The fourth-order valence-electron chi connectivity index (χ4n) is 2.97. The van der Waals surface area contributed by atoms with Crippen LogP contribution in [0, 0.1) is 0 Å². The second kappa shape index (κ2) is 9.69. The molecule has 0 saturated heterocycles. The van der Waals surface area contributed by atoms with Gasteiger partial charge in [0.25, 0.3) is 5.91 Å². The van der Waals surface area contributed by atoms with E-state index in [-0.39, 0.29) is 11.8 Å². The van der Waals surface area contributed by atoms with Gasteiger partial charge >= 0.3 is 0 Å². The number of hydrogen-bond acceptors (Lipinski definition) is 4. The third kappa shape index (κ3) is 5.24. The van der Waals surface area contributed by atoms with Crippen molar-refractivity contribution >= 4 is 23.6 Å². The van der Waals surface area contributed by atoms with Crippen LogP contribution in [0.3, 0.4) is 0 Å². The number of nitrogens with one attached hydrogen (secondary N) is 1. The summed E-state index contributed by atoms with van der Waals surface area (Å²) in [5, 5.41) is 2.78. The molecule has 0 aromatic heterocycles. The van der Waals surface area contributed by atoms with Crippen molar-refractivity contribution in [2.24, 2.45) is 5.73 Å². The summed E-state index contributed by atoms with van der Waals surface area (Å²) >= 11 is 1.43. The zero-order chi connectivity index (χ0) is 17.4. The second-order valence-electron chi connectivity index (χ2n) is 6.13. The lowest BCUT2D eigenvalue weighted by molar-refractivity contribution is -0.129. The van der Waals surface area contributed by atoms with Gasteiger partial charge in [0.1, 0.15) is 0 Å². The van der Waals surface area contributed by atoms with Crippen molar-refractivity contribution in [1.82, 2.24) is 10.2 Å². The summed E-state index contributed by atoms with van der Waals surface area (Å²) in [6.07, 6.45) is 5.90. The standard InChI is InChI=1S/C18H27N3O2S/c1-21(14-7-3-2-4-8-14)17(22)13-24-16-10-6-5-9-15(16)18(23)20-12-11-19/h5-6,9-10,14H,2-4,7-8,11-13,19H2,1H3,(H,20,23). The number of hydrogen-bond donors (Lipinski definition) is 2. The van der Waals surface area contributed by atoms with Crippen molar-refractivity contribution in [3.8, 4) is 0 Å². The Balaban J connectivity index is 1.93. The largest absolute Gasteiger partial charge is 0.351 e. The molecule has 0 radical (unpaired) electrons. The molecule has 6 heteroatoms. The van der Waals surface area contributed by atoms with E-state index in [1.807, 2.05) is 30.1 Å². The zero-order valence-electron chi connectivity index (χ0n) is 14.3. The molecular weight excluding hydrogens is 322 g/mol. The maximum absolute atomic E-state index is 12.5. The van der Waals surface area contributed by atoms with Crippen LogP contribution in [0.4, 0.5) is 0 Å². The number of benzene rings is 1. The number of amides is 2. The number of nitrogens with zero attached hydrogens (tertiary/aromatic N) is 1. The number of rotatable bonds is 7. The first-order valence-corrected chi connectivity index (χ1v) is 9.57. The van der Waals surface area contributed by atoms with Gasteiger partial charge in [-0.3, -0.25) is 9.59 Å². The van der Waals surface area contributed by atoms with Gasteiger partial charge in [0.05, 0.1) is 11.3 Å². The van der Waals surface area contributed by atoms with Gasteiger partial charge in [-0.1, -0.05) is 31.4 Å². The molecule has 2 amide bonds. The summed E-state index contributed by atoms with van der Waals surface area (Å²) in [5.74, 6) is 0.342. The molecule has 3 N–H and O–H groups in total. The second-order valence-corrected chi connectivity index (χ2v) is 7.14. The minimum absolute atomic E-state index is 0.129. The Morgan fingerprint density at radius 2 is 1.96 bits per heavy atom. The molecule has 1 aliphatic carbocycles. The number of carbonyl (C=O) groups excluding carboxylic acids is 2. The molecule has 0 heterocycles. The fraction of sp³-hybridized carbons (Fsp3) is 0.556. The molecule has 132 valence electrons. The molecule has 0 bridgehead atoms. The molecule has 1 aliphatic rings. The van der Waals surface area contributed by atoms with E-state index in [1.54, 1.807) is 6.07 Å². The Labute approximate surface area is 148 Å². The number of thioether (sulfide) groups is 1. The molecule has 1 aromatic rings. The maximum Gasteiger partial charge on any atom is 0.252 e. The van der Waals surface area contributed by atoms with Gasteiger partial charge in [-0.05, 0) is 25.0 Å². The quantitative estimate of drug-likeness (QED) is 0.741. The summed E-state index contributed by atoms with van der Waals surface area (Å²) < 4.78 is 0. The normalized spacial score (nSPS) is 15.1. The van der Waals surface area contributed by atoms with E-state index < -0.39 is 0 Å². The molecule has 1 fully saturated rings. The Morgan fingerprint density at radius 1 is 1.25 bits per heavy atom. The first kappa shape index (κ1) is 18.8. The smallest absolute Gasteiger partial charge is 0.252 e. The highest BCUT2D eigenvalue weighted by atomic mass is 32.2. The van der Waals surface area contributed by atoms with Gasteiger partial charge in [0.2, 0.25) is 5.91 Å². The Morgan fingerprint density at radius 3 is 2.67 bits per heavy atom. The van der Waals surface area contributed by atoms with Gasteiger partial charge < -0.3 is 16.0 Å². The van der Waals surface area contributed by atoms with Crippen LogP contribution in [0.5, 0.6) is 0 Å². The Hall–Kier alpha value is -1.53. The van der Waals surface area contributed by atoms with E-state index in [9.17, 15) is 9.59 Å². The molecule has 0 aliphatic heterocycles. The number of nitrogens with two attached hydrogens (primary N) is 1. The summed E-state index contributed by atoms with van der Waals surface area (Å²) in [6.45, 7) is 0.854. The molecule has 0 atom stereocenters. The lowest BCUT2D eigenvalue weighted by Gasteiger charge is -2.31. The van der Waals surface area contributed by atoms with Gasteiger partial charge in [0.15, 0.2) is 0 Å². The first-order valence-electron chi connectivity index (χ1n) is 8.59. The van der Waals surface area contributed by atoms with E-state index >= 15 is 0 Å².